The van der Waals surface area contributed by atoms with E-state index in [4.69, 9.17) is 4.74 Å². The molecule has 0 aromatic carbocycles. The van der Waals surface area contributed by atoms with Gasteiger partial charge in [-0.3, -0.25) is 0 Å². The van der Waals surface area contributed by atoms with E-state index in [0.717, 1.165) is 13.0 Å². The van der Waals surface area contributed by atoms with Crippen molar-refractivity contribution in [1.29, 1.82) is 0 Å². The van der Waals surface area contributed by atoms with Crippen LogP contribution in [0.4, 0.5) is 4.79 Å². The Morgan fingerprint density at radius 3 is 2.29 bits per heavy atom. The van der Waals surface area contributed by atoms with E-state index >= 15 is 0 Å². The Balaban J connectivity index is 2.46. The summed E-state index contributed by atoms with van der Waals surface area (Å²) in [6, 6.07) is 0.379. The number of ether oxygens (including phenoxy) is 1. The van der Waals surface area contributed by atoms with Crippen LogP contribution in [0.25, 0.3) is 0 Å². The minimum absolute atomic E-state index is 0.164. The maximum Gasteiger partial charge on any atom is 0.410 e. The zero-order valence-corrected chi connectivity index (χ0v) is 9.83. The van der Waals surface area contributed by atoms with Crippen LogP contribution in [0.2, 0.25) is 0 Å². The van der Waals surface area contributed by atoms with Gasteiger partial charge in [-0.15, -0.1) is 0 Å². The summed E-state index contributed by atoms with van der Waals surface area (Å²) < 4.78 is 5.31. The van der Waals surface area contributed by atoms with Gasteiger partial charge < -0.3 is 9.64 Å². The molecule has 0 aliphatic carbocycles. The molecule has 82 valence electrons. The highest BCUT2D eigenvalue weighted by Gasteiger charge is 2.36. The molecule has 0 radical (unpaired) electrons. The third-order valence-electron chi connectivity index (χ3n) is 2.46. The van der Waals surface area contributed by atoms with E-state index < -0.39 is 0 Å². The lowest BCUT2D eigenvalue weighted by molar-refractivity contribution is -0.0143. The Bertz CT molecular complexity index is 218. The summed E-state index contributed by atoms with van der Waals surface area (Å²) in [7, 11) is 0. The van der Waals surface area contributed by atoms with Crippen molar-refractivity contribution in [2.45, 2.75) is 52.7 Å². The summed E-state index contributed by atoms with van der Waals surface area (Å²) >= 11 is 0. The van der Waals surface area contributed by atoms with Crippen molar-refractivity contribution < 1.29 is 9.53 Å². The summed E-state index contributed by atoms with van der Waals surface area (Å²) in [4.78, 5) is 13.5. The number of amides is 1. The van der Waals surface area contributed by atoms with Crippen LogP contribution in [0, 0.1) is 5.92 Å². The topological polar surface area (TPSA) is 29.5 Å². The van der Waals surface area contributed by atoms with E-state index in [1.54, 1.807) is 0 Å². The molecule has 1 heterocycles. The third-order valence-corrected chi connectivity index (χ3v) is 2.46. The second-order valence-electron chi connectivity index (χ2n) is 5.27. The number of hydrogen-bond donors (Lipinski definition) is 0. The summed E-state index contributed by atoms with van der Waals surface area (Å²) in [5.74, 6) is 0.524. The van der Waals surface area contributed by atoms with Gasteiger partial charge in [0, 0.05) is 12.6 Å². The summed E-state index contributed by atoms with van der Waals surface area (Å²) in [6.07, 6.45) is 0.944. The van der Waals surface area contributed by atoms with Crippen molar-refractivity contribution in [2.24, 2.45) is 5.92 Å². The number of carbonyl (C=O) groups is 1. The van der Waals surface area contributed by atoms with Gasteiger partial charge in [0.1, 0.15) is 5.60 Å². The lowest BCUT2D eigenvalue weighted by Gasteiger charge is -2.43. The lowest BCUT2D eigenvalue weighted by atomic mass is 9.92. The van der Waals surface area contributed by atoms with Crippen LogP contribution in [0.3, 0.4) is 0 Å². The van der Waals surface area contributed by atoms with Crippen LogP contribution in [-0.2, 0) is 4.74 Å². The quantitative estimate of drug-likeness (QED) is 0.649. The van der Waals surface area contributed by atoms with E-state index in [9.17, 15) is 4.79 Å². The van der Waals surface area contributed by atoms with Gasteiger partial charge in [0.15, 0.2) is 0 Å². The molecule has 0 spiro atoms. The minimum atomic E-state index is -0.381. The fourth-order valence-corrected chi connectivity index (χ4v) is 1.65. The maximum absolute atomic E-state index is 11.7. The molecule has 1 aliphatic heterocycles. The van der Waals surface area contributed by atoms with Crippen molar-refractivity contribution in [1.82, 2.24) is 4.90 Å². The van der Waals surface area contributed by atoms with Gasteiger partial charge >= 0.3 is 6.09 Å². The number of nitrogens with zero attached hydrogens (tertiary/aromatic N) is 1. The van der Waals surface area contributed by atoms with Gasteiger partial charge in [-0.25, -0.2) is 4.79 Å². The first-order valence-electron chi connectivity index (χ1n) is 5.31. The molecule has 3 nitrogen and oxygen atoms in total. The molecule has 1 fully saturated rings. The van der Waals surface area contributed by atoms with E-state index in [1.165, 1.54) is 0 Å². The first-order chi connectivity index (χ1) is 6.31. The summed E-state index contributed by atoms with van der Waals surface area (Å²) in [6.45, 7) is 10.8. The molecule has 1 aliphatic rings. The Morgan fingerprint density at radius 2 is 2.00 bits per heavy atom. The normalized spacial score (nSPS) is 22.1. The second kappa shape index (κ2) is 3.79. The molecule has 0 aromatic rings. The van der Waals surface area contributed by atoms with Crippen LogP contribution in [0.15, 0.2) is 0 Å². The van der Waals surface area contributed by atoms with Crippen LogP contribution < -0.4 is 0 Å². The van der Waals surface area contributed by atoms with Crippen molar-refractivity contribution in [2.75, 3.05) is 6.54 Å². The van der Waals surface area contributed by atoms with Gasteiger partial charge in [0.2, 0.25) is 0 Å². The molecule has 0 saturated carbocycles. The van der Waals surface area contributed by atoms with Crippen molar-refractivity contribution in [3.63, 3.8) is 0 Å². The minimum Gasteiger partial charge on any atom is -0.444 e. The fraction of sp³-hybridized carbons (Fsp3) is 0.909. The first-order valence-corrected chi connectivity index (χ1v) is 5.31. The first kappa shape index (κ1) is 11.3. The van der Waals surface area contributed by atoms with Gasteiger partial charge in [0.05, 0.1) is 0 Å². The molecule has 0 aromatic heterocycles. The van der Waals surface area contributed by atoms with Crippen molar-refractivity contribution in [3.05, 3.63) is 0 Å². The van der Waals surface area contributed by atoms with Crippen molar-refractivity contribution in [3.8, 4) is 0 Å². The average molecular weight is 199 g/mol. The molecule has 1 amide bonds. The molecule has 0 bridgehead atoms. The van der Waals surface area contributed by atoms with E-state index in [0.29, 0.717) is 12.0 Å². The lowest BCUT2D eigenvalue weighted by Crippen LogP contribution is -2.54. The highest BCUT2D eigenvalue weighted by Crippen LogP contribution is 2.26. The number of carbonyl (C=O) groups excluding carboxylic acids is 1. The molecular formula is C11H21NO2. The van der Waals surface area contributed by atoms with E-state index in [1.807, 2.05) is 25.7 Å². The van der Waals surface area contributed by atoms with Gasteiger partial charge in [0.25, 0.3) is 0 Å². The summed E-state index contributed by atoms with van der Waals surface area (Å²) in [5, 5.41) is 0. The van der Waals surface area contributed by atoms with Crippen molar-refractivity contribution >= 4 is 6.09 Å². The highest BCUT2D eigenvalue weighted by molar-refractivity contribution is 5.69. The van der Waals surface area contributed by atoms with Crippen LogP contribution >= 0.6 is 0 Å². The van der Waals surface area contributed by atoms with E-state index in [-0.39, 0.29) is 11.7 Å². The molecule has 1 rings (SSSR count). The smallest absolute Gasteiger partial charge is 0.410 e. The Hall–Kier alpha value is -0.730. The van der Waals surface area contributed by atoms with Gasteiger partial charge in [-0.2, -0.15) is 0 Å². The Morgan fingerprint density at radius 1 is 1.43 bits per heavy atom. The molecule has 1 saturated heterocycles. The molecule has 1 atom stereocenters. The number of likely N-dealkylation sites (tertiary alicyclic amines) is 1. The standard InChI is InChI=1S/C11H21NO2/c1-8(2)9-6-7-12(9)10(13)14-11(3,4)5/h8-9H,6-7H2,1-5H3. The third kappa shape index (κ3) is 2.63. The Kier molecular flexibility index (Phi) is 3.07. The molecular weight excluding hydrogens is 178 g/mol. The SMILES string of the molecule is CC(C)C1CCN1C(=O)OC(C)(C)C. The maximum atomic E-state index is 11.7. The number of rotatable bonds is 1. The molecule has 14 heavy (non-hydrogen) atoms. The van der Waals surface area contributed by atoms with Crippen LogP contribution in [-0.4, -0.2) is 29.2 Å². The van der Waals surface area contributed by atoms with Crippen LogP contribution in [0.1, 0.15) is 41.0 Å². The highest BCUT2D eigenvalue weighted by atomic mass is 16.6. The van der Waals surface area contributed by atoms with Gasteiger partial charge in [-0.05, 0) is 33.1 Å². The molecule has 1 unspecified atom stereocenters. The predicted octanol–water partition coefficient (Wildman–Crippen LogP) is 2.65. The molecule has 0 N–H and O–H groups in total. The zero-order chi connectivity index (χ0) is 10.9. The van der Waals surface area contributed by atoms with Gasteiger partial charge in [-0.1, -0.05) is 13.8 Å². The van der Waals surface area contributed by atoms with E-state index in [2.05, 4.69) is 13.8 Å². The predicted molar refractivity (Wildman–Crippen MR) is 56.2 cm³/mol. The monoisotopic (exact) mass is 199 g/mol. The largest absolute Gasteiger partial charge is 0.444 e. The average Bonchev–Trinajstić information content (AvgIpc) is 1.75. The van der Waals surface area contributed by atoms with Crippen LogP contribution in [0.5, 0.6) is 0 Å². The second-order valence-corrected chi connectivity index (χ2v) is 5.27. The number of hydrogen-bond acceptors (Lipinski definition) is 2. The zero-order valence-electron chi connectivity index (χ0n) is 9.83. The fourth-order valence-electron chi connectivity index (χ4n) is 1.65. The Labute approximate surface area is 86.4 Å². The molecule has 3 heteroatoms. The summed E-state index contributed by atoms with van der Waals surface area (Å²) in [5.41, 5.74) is -0.381.